The summed E-state index contributed by atoms with van der Waals surface area (Å²) in [6, 6.07) is 8.14. The van der Waals surface area contributed by atoms with Crippen LogP contribution in [-0.4, -0.2) is 55.1 Å². The summed E-state index contributed by atoms with van der Waals surface area (Å²) in [5.74, 6) is 0.426. The summed E-state index contributed by atoms with van der Waals surface area (Å²) >= 11 is 0. The number of hydrogen-bond donors (Lipinski definition) is 0. The van der Waals surface area contributed by atoms with Crippen molar-refractivity contribution in [1.82, 2.24) is 9.80 Å². The molecule has 2 aromatic rings. The van der Waals surface area contributed by atoms with Gasteiger partial charge < -0.3 is 14.1 Å². The molecule has 4 rings (SSSR count). The Morgan fingerprint density at radius 3 is 2.88 bits per heavy atom. The standard InChI is InChI=1S/C19H24N2O3/c22-19(21-8-10-23-11-9-21)15-4-3-7-20(12-15)13-16-14-24-18-6-2-1-5-17(16)18/h1-2,5-6,14-15H,3-4,7-13H2. The Balaban J connectivity index is 1.42. The molecule has 128 valence electrons. The van der Waals surface area contributed by atoms with Gasteiger partial charge in [0, 0.05) is 37.1 Å². The maximum absolute atomic E-state index is 12.7. The van der Waals surface area contributed by atoms with Crippen LogP contribution >= 0.6 is 0 Å². The third-order valence-corrected chi connectivity index (χ3v) is 5.13. The SMILES string of the molecule is O=C(C1CCCN(Cc2coc3ccccc23)C1)N1CCOCC1. The van der Waals surface area contributed by atoms with Crippen molar-refractivity contribution >= 4 is 16.9 Å². The van der Waals surface area contributed by atoms with Crippen molar-refractivity contribution in [2.75, 3.05) is 39.4 Å². The highest BCUT2D eigenvalue weighted by Gasteiger charge is 2.30. The lowest BCUT2D eigenvalue weighted by atomic mass is 9.96. The molecule has 0 bridgehead atoms. The molecule has 2 aliphatic rings. The molecule has 3 heterocycles. The number of fused-ring (bicyclic) bond motifs is 1. The summed E-state index contributed by atoms with van der Waals surface area (Å²) < 4.78 is 11.0. The highest BCUT2D eigenvalue weighted by atomic mass is 16.5. The number of hydrogen-bond acceptors (Lipinski definition) is 4. The minimum atomic E-state index is 0.120. The van der Waals surface area contributed by atoms with Gasteiger partial charge in [0.1, 0.15) is 5.58 Å². The van der Waals surface area contributed by atoms with E-state index in [9.17, 15) is 4.79 Å². The summed E-state index contributed by atoms with van der Waals surface area (Å²) in [6.07, 6.45) is 3.94. The van der Waals surface area contributed by atoms with Crippen molar-refractivity contribution in [2.24, 2.45) is 5.92 Å². The first kappa shape index (κ1) is 15.7. The van der Waals surface area contributed by atoms with Crippen LogP contribution in [0.1, 0.15) is 18.4 Å². The number of likely N-dealkylation sites (tertiary alicyclic amines) is 1. The van der Waals surface area contributed by atoms with Gasteiger partial charge in [0.25, 0.3) is 0 Å². The van der Waals surface area contributed by atoms with E-state index in [-0.39, 0.29) is 5.92 Å². The average Bonchev–Trinajstić information content (AvgIpc) is 3.05. The van der Waals surface area contributed by atoms with E-state index in [1.54, 1.807) is 0 Å². The second kappa shape index (κ2) is 6.95. The lowest BCUT2D eigenvalue weighted by Crippen LogP contribution is -2.48. The van der Waals surface area contributed by atoms with Crippen molar-refractivity contribution < 1.29 is 13.9 Å². The first-order valence-corrected chi connectivity index (χ1v) is 8.85. The van der Waals surface area contributed by atoms with Gasteiger partial charge in [-0.3, -0.25) is 9.69 Å². The lowest BCUT2D eigenvalue weighted by Gasteiger charge is -2.36. The first-order valence-electron chi connectivity index (χ1n) is 8.85. The molecular formula is C19H24N2O3. The lowest BCUT2D eigenvalue weighted by molar-refractivity contribution is -0.141. The number of furan rings is 1. The van der Waals surface area contributed by atoms with Gasteiger partial charge in [-0.15, -0.1) is 0 Å². The molecule has 5 heteroatoms. The summed E-state index contributed by atoms with van der Waals surface area (Å²) in [7, 11) is 0. The third kappa shape index (κ3) is 3.19. The zero-order valence-electron chi connectivity index (χ0n) is 13.9. The number of piperidine rings is 1. The van der Waals surface area contributed by atoms with E-state index < -0.39 is 0 Å². The minimum Gasteiger partial charge on any atom is -0.464 e. The molecule has 5 nitrogen and oxygen atoms in total. The van der Waals surface area contributed by atoms with Gasteiger partial charge in [0.2, 0.25) is 5.91 Å². The topological polar surface area (TPSA) is 45.9 Å². The van der Waals surface area contributed by atoms with Crippen molar-refractivity contribution in [3.8, 4) is 0 Å². The number of nitrogens with zero attached hydrogens (tertiary/aromatic N) is 2. The first-order chi connectivity index (χ1) is 11.8. The molecule has 1 atom stereocenters. The van der Waals surface area contributed by atoms with E-state index >= 15 is 0 Å². The van der Waals surface area contributed by atoms with Crippen molar-refractivity contribution in [3.05, 3.63) is 36.1 Å². The number of carbonyl (C=O) groups is 1. The summed E-state index contributed by atoms with van der Waals surface area (Å²) in [4.78, 5) is 17.1. The number of rotatable bonds is 3. The second-order valence-corrected chi connectivity index (χ2v) is 6.77. The van der Waals surface area contributed by atoms with Crippen LogP contribution in [0.15, 0.2) is 34.9 Å². The Hall–Kier alpha value is -1.85. The Kier molecular flexibility index (Phi) is 4.54. The second-order valence-electron chi connectivity index (χ2n) is 6.77. The summed E-state index contributed by atoms with van der Waals surface area (Å²) in [5.41, 5.74) is 2.15. The Labute approximate surface area is 142 Å². The van der Waals surface area contributed by atoms with Crippen LogP contribution in [-0.2, 0) is 16.1 Å². The molecular weight excluding hydrogens is 304 g/mol. The van der Waals surface area contributed by atoms with Gasteiger partial charge in [-0.1, -0.05) is 18.2 Å². The van der Waals surface area contributed by atoms with E-state index in [1.165, 1.54) is 10.9 Å². The van der Waals surface area contributed by atoms with Crippen LogP contribution < -0.4 is 0 Å². The van der Waals surface area contributed by atoms with Gasteiger partial charge in [-0.2, -0.15) is 0 Å². The zero-order valence-corrected chi connectivity index (χ0v) is 13.9. The van der Waals surface area contributed by atoms with Crippen molar-refractivity contribution in [3.63, 3.8) is 0 Å². The van der Waals surface area contributed by atoms with Crippen molar-refractivity contribution in [1.29, 1.82) is 0 Å². The molecule has 2 fully saturated rings. The van der Waals surface area contributed by atoms with Crippen LogP contribution in [0, 0.1) is 5.92 Å². The number of amides is 1. The quantitative estimate of drug-likeness (QED) is 0.868. The Bertz CT molecular complexity index is 705. The van der Waals surface area contributed by atoms with E-state index in [0.717, 1.165) is 51.1 Å². The fraction of sp³-hybridized carbons (Fsp3) is 0.526. The fourth-order valence-corrected chi connectivity index (χ4v) is 3.84. The Morgan fingerprint density at radius 2 is 2.00 bits per heavy atom. The molecule has 24 heavy (non-hydrogen) atoms. The molecule has 1 aromatic heterocycles. The summed E-state index contributed by atoms with van der Waals surface area (Å²) in [6.45, 7) is 5.56. The highest BCUT2D eigenvalue weighted by molar-refractivity contribution is 5.81. The molecule has 0 saturated carbocycles. The monoisotopic (exact) mass is 328 g/mol. The van der Waals surface area contributed by atoms with Crippen LogP contribution in [0.3, 0.4) is 0 Å². The number of benzene rings is 1. The van der Waals surface area contributed by atoms with E-state index in [4.69, 9.17) is 9.15 Å². The zero-order chi connectivity index (χ0) is 16.4. The van der Waals surface area contributed by atoms with Crippen LogP contribution in [0.4, 0.5) is 0 Å². The van der Waals surface area contributed by atoms with Crippen molar-refractivity contribution in [2.45, 2.75) is 19.4 Å². The number of morpholine rings is 1. The average molecular weight is 328 g/mol. The maximum Gasteiger partial charge on any atom is 0.227 e. The van der Waals surface area contributed by atoms with Gasteiger partial charge in [0.05, 0.1) is 25.4 Å². The third-order valence-electron chi connectivity index (χ3n) is 5.13. The number of ether oxygens (including phenoxy) is 1. The van der Waals surface area contributed by atoms with E-state index in [2.05, 4.69) is 11.0 Å². The Morgan fingerprint density at radius 1 is 1.17 bits per heavy atom. The smallest absolute Gasteiger partial charge is 0.227 e. The summed E-state index contributed by atoms with van der Waals surface area (Å²) in [5, 5.41) is 1.18. The highest BCUT2D eigenvalue weighted by Crippen LogP contribution is 2.25. The molecule has 0 N–H and O–H groups in total. The largest absolute Gasteiger partial charge is 0.464 e. The molecule has 2 saturated heterocycles. The molecule has 1 aromatic carbocycles. The van der Waals surface area contributed by atoms with Crippen LogP contribution in [0.5, 0.6) is 0 Å². The maximum atomic E-state index is 12.7. The molecule has 0 radical (unpaired) electrons. The predicted octanol–water partition coefficient (Wildman–Crippen LogP) is 2.50. The number of carbonyl (C=O) groups excluding carboxylic acids is 1. The molecule has 0 spiro atoms. The van der Waals surface area contributed by atoms with Gasteiger partial charge in [-0.05, 0) is 25.5 Å². The van der Waals surface area contributed by atoms with Crippen LogP contribution in [0.2, 0.25) is 0 Å². The normalized spacial score (nSPS) is 22.8. The minimum absolute atomic E-state index is 0.120. The van der Waals surface area contributed by atoms with Gasteiger partial charge >= 0.3 is 0 Å². The van der Waals surface area contributed by atoms with Crippen LogP contribution in [0.25, 0.3) is 11.0 Å². The fourth-order valence-electron chi connectivity index (χ4n) is 3.84. The molecule has 2 aliphatic heterocycles. The van der Waals surface area contributed by atoms with Gasteiger partial charge in [0.15, 0.2) is 0 Å². The van der Waals surface area contributed by atoms with E-state index in [0.29, 0.717) is 19.1 Å². The van der Waals surface area contributed by atoms with E-state index in [1.807, 2.05) is 29.4 Å². The molecule has 1 amide bonds. The number of para-hydroxylation sites is 1. The predicted molar refractivity (Wildman–Crippen MR) is 91.6 cm³/mol. The molecule has 0 aliphatic carbocycles. The molecule has 1 unspecified atom stereocenters. The van der Waals surface area contributed by atoms with Gasteiger partial charge in [-0.25, -0.2) is 0 Å².